The predicted octanol–water partition coefficient (Wildman–Crippen LogP) is 6.86. The Hall–Kier alpha value is -4.86. The van der Waals surface area contributed by atoms with Crippen LogP contribution in [0.15, 0.2) is 79.0 Å². The molecule has 1 N–H and O–H groups in total. The van der Waals surface area contributed by atoms with E-state index in [2.05, 4.69) is 9.72 Å². The highest BCUT2D eigenvalue weighted by atomic mass is 19.4. The van der Waals surface area contributed by atoms with Gasteiger partial charge in [-0.15, -0.1) is 13.2 Å². The van der Waals surface area contributed by atoms with Crippen LogP contribution in [0.1, 0.15) is 35.6 Å². The lowest BCUT2D eigenvalue weighted by Crippen LogP contribution is -2.37. The quantitative estimate of drug-likeness (QED) is 0.224. The van der Waals surface area contributed by atoms with E-state index in [4.69, 9.17) is 4.74 Å². The molecule has 2 aromatic heterocycles. The maximum Gasteiger partial charge on any atom is 0.573 e. The number of nitrogens with zero attached hydrogens (tertiary/aromatic N) is 2. The molecule has 2 heterocycles. The normalized spacial score (nSPS) is 12.1. The van der Waals surface area contributed by atoms with Crippen LogP contribution in [-0.4, -0.2) is 38.4 Å². The Morgan fingerprint density at radius 3 is 2.33 bits per heavy atom. The van der Waals surface area contributed by atoms with Gasteiger partial charge < -0.3 is 19.1 Å². The van der Waals surface area contributed by atoms with E-state index >= 15 is 0 Å². The van der Waals surface area contributed by atoms with Crippen LogP contribution in [0.3, 0.4) is 0 Å². The summed E-state index contributed by atoms with van der Waals surface area (Å²) in [5, 5.41) is 11.3. The third-order valence-electron chi connectivity index (χ3n) is 6.49. The van der Waals surface area contributed by atoms with Crippen molar-refractivity contribution in [2.75, 3.05) is 0 Å². The number of halogens is 3. The number of aliphatic carboxylic acids is 1. The minimum Gasteiger partial charge on any atom is -0.478 e. The van der Waals surface area contributed by atoms with Crippen molar-refractivity contribution < 1.29 is 37.3 Å². The molecule has 0 aliphatic heterocycles. The summed E-state index contributed by atoms with van der Waals surface area (Å²) in [6.45, 7) is 4.47. The van der Waals surface area contributed by atoms with Crippen molar-refractivity contribution in [3.05, 3.63) is 95.9 Å². The van der Waals surface area contributed by atoms with Crippen LogP contribution in [0, 0.1) is 6.92 Å². The molecule has 7 nitrogen and oxygen atoms in total. The number of hydrogen-bond donors (Lipinski definition) is 1. The summed E-state index contributed by atoms with van der Waals surface area (Å²) in [5.41, 5.74) is 0.0773. The van der Waals surface area contributed by atoms with Gasteiger partial charge in [0.1, 0.15) is 17.2 Å². The van der Waals surface area contributed by atoms with Crippen molar-refractivity contribution in [1.82, 2.24) is 9.55 Å². The average Bonchev–Trinajstić information content (AvgIpc) is 3.17. The number of carbonyl (C=O) groups excluding carboxylic acids is 1. The molecule has 0 fully saturated rings. The fraction of sp³-hybridized carbons (Fsp3) is 0.167. The molecule has 40 heavy (non-hydrogen) atoms. The zero-order valence-electron chi connectivity index (χ0n) is 21.6. The van der Waals surface area contributed by atoms with E-state index in [1.165, 1.54) is 32.2 Å². The van der Waals surface area contributed by atoms with Crippen LogP contribution in [0.2, 0.25) is 0 Å². The summed E-state index contributed by atoms with van der Waals surface area (Å²) >= 11 is 0. The van der Waals surface area contributed by atoms with Gasteiger partial charge in [-0.2, -0.15) is 0 Å². The molecule has 0 aliphatic carbocycles. The number of carbonyl (C=O) groups is 2. The summed E-state index contributed by atoms with van der Waals surface area (Å²) in [4.78, 5) is 29.9. The molecular formula is C30H23F3N2O5. The van der Waals surface area contributed by atoms with E-state index in [1.54, 1.807) is 54.0 Å². The number of hydrogen-bond acceptors (Lipinski definition) is 5. The summed E-state index contributed by atoms with van der Waals surface area (Å²) < 4.78 is 50.7. The highest BCUT2D eigenvalue weighted by Crippen LogP contribution is 2.36. The van der Waals surface area contributed by atoms with E-state index in [0.29, 0.717) is 22.2 Å². The molecule has 204 valence electrons. The van der Waals surface area contributed by atoms with Gasteiger partial charge in [-0.05, 0) is 56.5 Å². The number of rotatable bonds is 7. The molecule has 5 aromatic rings. The second-order valence-corrected chi connectivity index (χ2v) is 9.65. The molecule has 0 aliphatic rings. The van der Waals surface area contributed by atoms with Crippen molar-refractivity contribution in [3.63, 3.8) is 0 Å². The van der Waals surface area contributed by atoms with Gasteiger partial charge in [0.15, 0.2) is 5.60 Å². The minimum absolute atomic E-state index is 0.205. The van der Waals surface area contributed by atoms with Crippen LogP contribution >= 0.6 is 0 Å². The number of aromatic nitrogens is 2. The number of carboxylic acid groups (broad SMARTS) is 1. The SMILES string of the molecule is Cc1c(C(=O)c2nccc3ccccc23)c2ccc(OC(F)(F)F)cc2n1-c1cccc(OC(C)(C)C(=O)O)c1. The van der Waals surface area contributed by atoms with Gasteiger partial charge in [0.25, 0.3) is 0 Å². The summed E-state index contributed by atoms with van der Waals surface area (Å²) in [6.07, 6.45) is -3.38. The summed E-state index contributed by atoms with van der Waals surface area (Å²) in [5.74, 6) is -1.82. The molecular weight excluding hydrogens is 525 g/mol. The topological polar surface area (TPSA) is 90.6 Å². The van der Waals surface area contributed by atoms with Crippen LogP contribution in [0.25, 0.3) is 27.4 Å². The van der Waals surface area contributed by atoms with Gasteiger partial charge in [0.2, 0.25) is 5.78 Å². The van der Waals surface area contributed by atoms with Crippen LogP contribution < -0.4 is 9.47 Å². The predicted molar refractivity (Wildman–Crippen MR) is 142 cm³/mol. The van der Waals surface area contributed by atoms with Gasteiger partial charge in [0.05, 0.1) is 11.1 Å². The van der Waals surface area contributed by atoms with Crippen molar-refractivity contribution in [3.8, 4) is 17.2 Å². The van der Waals surface area contributed by atoms with Crippen LogP contribution in [-0.2, 0) is 4.79 Å². The fourth-order valence-electron chi connectivity index (χ4n) is 4.66. The molecule has 0 atom stereocenters. The number of pyridine rings is 1. The van der Waals surface area contributed by atoms with Gasteiger partial charge in [0, 0.05) is 40.5 Å². The molecule has 0 amide bonds. The van der Waals surface area contributed by atoms with Crippen LogP contribution in [0.5, 0.6) is 11.5 Å². The monoisotopic (exact) mass is 548 g/mol. The number of ketones is 1. The molecule has 5 rings (SSSR count). The van der Waals surface area contributed by atoms with Crippen molar-refractivity contribution in [1.29, 1.82) is 0 Å². The van der Waals surface area contributed by atoms with E-state index in [1.807, 2.05) is 12.1 Å². The van der Waals surface area contributed by atoms with Gasteiger partial charge in [-0.25, -0.2) is 4.79 Å². The first kappa shape index (κ1) is 26.7. The maximum absolute atomic E-state index is 14.0. The smallest absolute Gasteiger partial charge is 0.478 e. The number of carboxylic acids is 1. The first-order chi connectivity index (χ1) is 18.9. The molecule has 0 bridgehead atoms. The zero-order chi connectivity index (χ0) is 28.8. The summed E-state index contributed by atoms with van der Waals surface area (Å²) in [7, 11) is 0. The van der Waals surface area contributed by atoms with E-state index < -0.39 is 29.5 Å². The van der Waals surface area contributed by atoms with Gasteiger partial charge in [-0.3, -0.25) is 9.78 Å². The number of alkyl halides is 3. The van der Waals surface area contributed by atoms with Crippen molar-refractivity contribution in [2.45, 2.75) is 32.7 Å². The van der Waals surface area contributed by atoms with E-state index in [9.17, 15) is 27.9 Å². The Kier molecular flexibility index (Phi) is 6.49. The fourth-order valence-corrected chi connectivity index (χ4v) is 4.66. The third kappa shape index (κ3) is 4.95. The number of ether oxygens (including phenoxy) is 2. The lowest BCUT2D eigenvalue weighted by Gasteiger charge is -2.22. The Morgan fingerprint density at radius 1 is 0.875 bits per heavy atom. The Morgan fingerprint density at radius 2 is 1.60 bits per heavy atom. The largest absolute Gasteiger partial charge is 0.573 e. The van der Waals surface area contributed by atoms with E-state index in [-0.39, 0.29) is 22.5 Å². The highest BCUT2D eigenvalue weighted by Gasteiger charge is 2.32. The Bertz CT molecular complexity index is 1780. The first-order valence-electron chi connectivity index (χ1n) is 12.2. The second kappa shape index (κ2) is 9.71. The van der Waals surface area contributed by atoms with Gasteiger partial charge >= 0.3 is 12.3 Å². The molecule has 3 aromatic carbocycles. The molecule has 0 radical (unpaired) electrons. The highest BCUT2D eigenvalue weighted by molar-refractivity contribution is 6.21. The number of benzene rings is 3. The van der Waals surface area contributed by atoms with Crippen molar-refractivity contribution in [2.24, 2.45) is 0 Å². The third-order valence-corrected chi connectivity index (χ3v) is 6.49. The Balaban J connectivity index is 1.73. The van der Waals surface area contributed by atoms with E-state index in [0.717, 1.165) is 11.5 Å². The molecule has 0 saturated carbocycles. The van der Waals surface area contributed by atoms with Crippen LogP contribution in [0.4, 0.5) is 13.2 Å². The molecule has 0 spiro atoms. The lowest BCUT2D eigenvalue weighted by atomic mass is 10.00. The maximum atomic E-state index is 14.0. The Labute approximate surface area is 226 Å². The number of fused-ring (bicyclic) bond motifs is 2. The second-order valence-electron chi connectivity index (χ2n) is 9.65. The molecule has 10 heteroatoms. The molecule has 0 saturated heterocycles. The summed E-state index contributed by atoms with van der Waals surface area (Å²) in [6, 6.07) is 19.3. The van der Waals surface area contributed by atoms with Gasteiger partial charge in [-0.1, -0.05) is 30.3 Å². The average molecular weight is 549 g/mol. The molecule has 0 unspecified atom stereocenters. The lowest BCUT2D eigenvalue weighted by molar-refractivity contribution is -0.274. The van der Waals surface area contributed by atoms with Crippen molar-refractivity contribution >= 4 is 33.4 Å². The standard InChI is InChI=1S/C30H23F3N2O5/c1-17-25(27(36)26-22-10-5-4-7-18(22)13-14-34-26)23-12-11-21(40-30(31,32)33)16-24(23)35(17)19-8-6-9-20(15-19)39-29(2,3)28(37)38/h4-16H,1-3H3,(H,37,38). The minimum atomic E-state index is -4.91. The first-order valence-corrected chi connectivity index (χ1v) is 12.2. The zero-order valence-corrected chi connectivity index (χ0v) is 21.6.